The number of hydrogen-bond donors (Lipinski definition) is 0. The Labute approximate surface area is 118 Å². The molecule has 1 aromatic rings. The molecule has 1 aromatic carbocycles. The molecule has 0 atom stereocenters. The van der Waals surface area contributed by atoms with E-state index in [1.54, 1.807) is 11.0 Å². The van der Waals surface area contributed by atoms with Crippen molar-refractivity contribution in [3.05, 3.63) is 45.5 Å². The maximum Gasteiger partial charge on any atom is 0.412 e. The second-order valence-electron chi connectivity index (χ2n) is 4.49. The number of nitrogens with zero attached hydrogens (tertiary/aromatic N) is 3. The number of nitro benzene ring substituents is 1. The Balaban J connectivity index is 2.26. The van der Waals surface area contributed by atoms with Gasteiger partial charge in [0.2, 0.25) is 0 Å². The van der Waals surface area contributed by atoms with E-state index in [9.17, 15) is 23.3 Å². The van der Waals surface area contributed by atoms with Crippen molar-refractivity contribution >= 4 is 11.4 Å². The molecule has 110 valence electrons. The maximum atomic E-state index is 12.5. The number of benzene rings is 1. The first kappa shape index (κ1) is 14.8. The summed E-state index contributed by atoms with van der Waals surface area (Å²) in [5.74, 6) is 0. The minimum atomic E-state index is -4.33. The number of alkyl halides is 3. The highest BCUT2D eigenvalue weighted by Gasteiger charge is 2.34. The second kappa shape index (κ2) is 5.44. The zero-order chi connectivity index (χ0) is 15.6. The van der Waals surface area contributed by atoms with Crippen LogP contribution in [-0.4, -0.2) is 24.2 Å². The van der Waals surface area contributed by atoms with Gasteiger partial charge in [-0.05, 0) is 18.6 Å². The molecule has 1 aliphatic rings. The van der Waals surface area contributed by atoms with Gasteiger partial charge in [-0.25, -0.2) is 0 Å². The normalized spacial score (nSPS) is 15.3. The van der Waals surface area contributed by atoms with Crippen molar-refractivity contribution in [3.63, 3.8) is 0 Å². The number of hydrogen-bond acceptors (Lipinski definition) is 4. The Morgan fingerprint density at radius 2 is 2.10 bits per heavy atom. The molecule has 0 saturated heterocycles. The van der Waals surface area contributed by atoms with Crippen LogP contribution in [0.4, 0.5) is 24.5 Å². The van der Waals surface area contributed by atoms with E-state index >= 15 is 0 Å². The fraction of sp³-hybridized carbons (Fsp3) is 0.308. The van der Waals surface area contributed by atoms with Crippen LogP contribution in [0.15, 0.2) is 29.8 Å². The molecule has 0 unspecified atom stereocenters. The van der Waals surface area contributed by atoms with Crippen LogP contribution in [0, 0.1) is 21.4 Å². The highest BCUT2D eigenvalue weighted by Crippen LogP contribution is 2.32. The standard InChI is InChI=1S/C13H10F3N3O2/c14-13(15,16)10-3-5-18(6-4-10)11-2-1-9(8-17)12(7-11)19(20)21/h1-3,7H,4-6H2. The highest BCUT2D eigenvalue weighted by molar-refractivity contribution is 5.61. The lowest BCUT2D eigenvalue weighted by Crippen LogP contribution is -2.31. The van der Waals surface area contributed by atoms with Gasteiger partial charge in [0.15, 0.2) is 0 Å². The van der Waals surface area contributed by atoms with E-state index in [0.29, 0.717) is 5.69 Å². The molecule has 2 rings (SSSR count). The lowest BCUT2D eigenvalue weighted by Gasteiger charge is -2.29. The Bertz CT molecular complexity index is 647. The Morgan fingerprint density at radius 3 is 2.57 bits per heavy atom. The van der Waals surface area contributed by atoms with Crippen LogP contribution in [0.2, 0.25) is 0 Å². The van der Waals surface area contributed by atoms with Gasteiger partial charge >= 0.3 is 6.18 Å². The van der Waals surface area contributed by atoms with Gasteiger partial charge in [-0.3, -0.25) is 10.1 Å². The molecule has 21 heavy (non-hydrogen) atoms. The first-order valence-electron chi connectivity index (χ1n) is 6.02. The smallest absolute Gasteiger partial charge is 0.367 e. The van der Waals surface area contributed by atoms with Crippen LogP contribution in [0.1, 0.15) is 12.0 Å². The summed E-state index contributed by atoms with van der Waals surface area (Å²) < 4.78 is 37.6. The maximum absolute atomic E-state index is 12.5. The summed E-state index contributed by atoms with van der Waals surface area (Å²) in [5.41, 5.74) is -0.576. The van der Waals surface area contributed by atoms with Crippen LogP contribution < -0.4 is 4.90 Å². The van der Waals surface area contributed by atoms with Gasteiger partial charge < -0.3 is 4.90 Å². The summed E-state index contributed by atoms with van der Waals surface area (Å²) in [6.45, 7) is 0.145. The van der Waals surface area contributed by atoms with Crippen molar-refractivity contribution in [1.82, 2.24) is 0 Å². The summed E-state index contributed by atoms with van der Waals surface area (Å²) in [6, 6.07) is 5.73. The van der Waals surface area contributed by atoms with Gasteiger partial charge in [-0.15, -0.1) is 0 Å². The molecule has 0 saturated carbocycles. The third kappa shape index (κ3) is 3.13. The number of halogens is 3. The van der Waals surface area contributed by atoms with E-state index in [1.165, 1.54) is 18.2 Å². The highest BCUT2D eigenvalue weighted by atomic mass is 19.4. The SMILES string of the molecule is N#Cc1ccc(N2CC=C(C(F)(F)F)CC2)cc1[N+](=O)[O-]. The summed E-state index contributed by atoms with van der Waals surface area (Å²) in [5, 5.41) is 19.7. The summed E-state index contributed by atoms with van der Waals surface area (Å²) in [4.78, 5) is 11.8. The van der Waals surface area contributed by atoms with E-state index < -0.39 is 16.7 Å². The predicted octanol–water partition coefficient (Wildman–Crippen LogP) is 3.17. The number of nitro groups is 1. The summed E-state index contributed by atoms with van der Waals surface area (Å²) in [6.07, 6.45) is -3.42. The zero-order valence-electron chi connectivity index (χ0n) is 10.7. The topological polar surface area (TPSA) is 70.2 Å². The van der Waals surface area contributed by atoms with Crippen molar-refractivity contribution in [2.75, 3.05) is 18.0 Å². The van der Waals surface area contributed by atoms with Crippen LogP contribution in [0.3, 0.4) is 0 Å². The zero-order valence-corrected chi connectivity index (χ0v) is 10.7. The first-order valence-corrected chi connectivity index (χ1v) is 6.02. The molecule has 0 aromatic heterocycles. The van der Waals surface area contributed by atoms with Crippen LogP contribution in [-0.2, 0) is 0 Å². The third-order valence-corrected chi connectivity index (χ3v) is 3.24. The molecular weight excluding hydrogens is 287 g/mol. The number of rotatable bonds is 2. The van der Waals surface area contributed by atoms with E-state index in [1.807, 2.05) is 0 Å². The Hall–Kier alpha value is -2.56. The lowest BCUT2D eigenvalue weighted by molar-refractivity contribution is -0.385. The van der Waals surface area contributed by atoms with Gasteiger partial charge in [0.1, 0.15) is 11.6 Å². The molecule has 0 aliphatic carbocycles. The molecule has 0 radical (unpaired) electrons. The predicted molar refractivity (Wildman–Crippen MR) is 68.8 cm³/mol. The Morgan fingerprint density at radius 1 is 1.38 bits per heavy atom. The molecular formula is C13H10F3N3O2. The summed E-state index contributed by atoms with van der Waals surface area (Å²) in [7, 11) is 0. The third-order valence-electron chi connectivity index (χ3n) is 3.24. The summed E-state index contributed by atoms with van der Waals surface area (Å²) >= 11 is 0. The largest absolute Gasteiger partial charge is 0.412 e. The number of nitriles is 1. The molecule has 0 fully saturated rings. The molecule has 1 aliphatic heterocycles. The molecule has 8 heteroatoms. The fourth-order valence-electron chi connectivity index (χ4n) is 2.12. The lowest BCUT2D eigenvalue weighted by atomic mass is 10.1. The minimum absolute atomic E-state index is 0.0257. The molecule has 0 amide bonds. The Kier molecular flexibility index (Phi) is 3.84. The molecule has 0 N–H and O–H groups in total. The van der Waals surface area contributed by atoms with Crippen molar-refractivity contribution in [3.8, 4) is 6.07 Å². The molecule has 0 spiro atoms. The van der Waals surface area contributed by atoms with Crippen molar-refractivity contribution in [1.29, 1.82) is 5.26 Å². The molecule has 5 nitrogen and oxygen atoms in total. The van der Waals surface area contributed by atoms with Crippen molar-refractivity contribution in [2.24, 2.45) is 0 Å². The molecule has 1 heterocycles. The van der Waals surface area contributed by atoms with Gasteiger partial charge in [-0.2, -0.15) is 18.4 Å². The van der Waals surface area contributed by atoms with Gasteiger partial charge in [0.25, 0.3) is 5.69 Å². The van der Waals surface area contributed by atoms with Crippen molar-refractivity contribution < 1.29 is 18.1 Å². The van der Waals surface area contributed by atoms with Crippen molar-refractivity contribution in [2.45, 2.75) is 12.6 Å². The first-order chi connectivity index (χ1) is 9.82. The average Bonchev–Trinajstić information content (AvgIpc) is 2.45. The van der Waals surface area contributed by atoms with E-state index in [-0.39, 0.29) is 30.8 Å². The van der Waals surface area contributed by atoms with E-state index in [2.05, 4.69) is 0 Å². The van der Waals surface area contributed by atoms with Gasteiger partial charge in [0, 0.05) is 30.4 Å². The monoisotopic (exact) mass is 297 g/mol. The van der Waals surface area contributed by atoms with E-state index in [4.69, 9.17) is 5.26 Å². The fourth-order valence-corrected chi connectivity index (χ4v) is 2.12. The van der Waals surface area contributed by atoms with Crippen LogP contribution in [0.5, 0.6) is 0 Å². The van der Waals surface area contributed by atoms with E-state index in [0.717, 1.165) is 6.08 Å². The average molecular weight is 297 g/mol. The van der Waals surface area contributed by atoms with Gasteiger partial charge in [-0.1, -0.05) is 6.08 Å². The minimum Gasteiger partial charge on any atom is -0.367 e. The van der Waals surface area contributed by atoms with Crippen LogP contribution >= 0.6 is 0 Å². The number of anilines is 1. The quantitative estimate of drug-likeness (QED) is 0.477. The van der Waals surface area contributed by atoms with Crippen LogP contribution in [0.25, 0.3) is 0 Å². The molecule has 0 bridgehead atoms. The van der Waals surface area contributed by atoms with Gasteiger partial charge in [0.05, 0.1) is 4.92 Å². The second-order valence-corrected chi connectivity index (χ2v) is 4.49.